The summed E-state index contributed by atoms with van der Waals surface area (Å²) in [4.78, 5) is 6.29. The Morgan fingerprint density at radius 2 is 2.26 bits per heavy atom. The van der Waals surface area contributed by atoms with Crippen LogP contribution in [-0.2, 0) is 13.6 Å². The van der Waals surface area contributed by atoms with Gasteiger partial charge in [-0.25, -0.2) is 0 Å². The average Bonchev–Trinajstić information content (AvgIpc) is 2.76. The van der Waals surface area contributed by atoms with E-state index in [1.165, 1.54) is 5.69 Å². The molecule has 0 aliphatic carbocycles. The molecule has 0 spiro atoms. The molecule has 2 N–H and O–H groups in total. The lowest BCUT2D eigenvalue weighted by molar-refractivity contribution is 0.0598. The van der Waals surface area contributed by atoms with Crippen LogP contribution in [0, 0.1) is 0 Å². The first-order valence-electron chi connectivity index (χ1n) is 6.64. The second kappa shape index (κ2) is 6.61. The zero-order valence-electron chi connectivity index (χ0n) is 12.6. The van der Waals surface area contributed by atoms with Crippen LogP contribution in [0.4, 0.5) is 0 Å². The standard InChI is InChI=1S/C14H26N4O/c1-6-14(2,19)11-16-13(15-3)18(5)10-12-8-7-9-17(12)4/h7-9,19H,6,10-11H2,1-5H3,(H,15,16). The quantitative estimate of drug-likeness (QED) is 0.622. The summed E-state index contributed by atoms with van der Waals surface area (Å²) >= 11 is 0. The third-order valence-corrected chi connectivity index (χ3v) is 3.41. The summed E-state index contributed by atoms with van der Waals surface area (Å²) in [5.74, 6) is 0.787. The number of hydrogen-bond acceptors (Lipinski definition) is 2. The van der Waals surface area contributed by atoms with E-state index in [0.29, 0.717) is 13.0 Å². The summed E-state index contributed by atoms with van der Waals surface area (Å²) < 4.78 is 2.09. The molecule has 5 heteroatoms. The summed E-state index contributed by atoms with van der Waals surface area (Å²) in [7, 11) is 5.77. The van der Waals surface area contributed by atoms with Crippen LogP contribution in [0.5, 0.6) is 0 Å². The topological polar surface area (TPSA) is 52.8 Å². The second-order valence-corrected chi connectivity index (χ2v) is 5.22. The summed E-state index contributed by atoms with van der Waals surface area (Å²) in [6.45, 7) is 5.06. The fourth-order valence-electron chi connectivity index (χ4n) is 1.76. The van der Waals surface area contributed by atoms with Crippen molar-refractivity contribution in [3.63, 3.8) is 0 Å². The van der Waals surface area contributed by atoms with Gasteiger partial charge in [-0.05, 0) is 25.5 Å². The molecule has 0 amide bonds. The minimum absolute atomic E-state index is 0.494. The van der Waals surface area contributed by atoms with Crippen molar-refractivity contribution in [1.29, 1.82) is 0 Å². The number of aliphatic imine (C=N–C) groups is 1. The van der Waals surface area contributed by atoms with Crippen LogP contribution in [0.25, 0.3) is 0 Å². The Labute approximate surface area is 115 Å². The van der Waals surface area contributed by atoms with Crippen LogP contribution in [0.3, 0.4) is 0 Å². The lowest BCUT2D eigenvalue weighted by Gasteiger charge is -2.27. The van der Waals surface area contributed by atoms with Gasteiger partial charge in [0.1, 0.15) is 0 Å². The summed E-state index contributed by atoms with van der Waals surface area (Å²) in [6, 6.07) is 4.12. The Morgan fingerprint density at radius 3 is 2.74 bits per heavy atom. The van der Waals surface area contributed by atoms with E-state index in [1.807, 2.05) is 45.1 Å². The van der Waals surface area contributed by atoms with Crippen molar-refractivity contribution >= 4 is 5.96 Å². The van der Waals surface area contributed by atoms with Gasteiger partial charge in [-0.1, -0.05) is 6.92 Å². The number of nitrogens with zero attached hydrogens (tertiary/aromatic N) is 3. The van der Waals surface area contributed by atoms with Gasteiger partial charge in [0.15, 0.2) is 5.96 Å². The molecule has 0 radical (unpaired) electrons. The van der Waals surface area contributed by atoms with Gasteiger partial charge in [0.25, 0.3) is 0 Å². The molecule has 1 unspecified atom stereocenters. The van der Waals surface area contributed by atoms with Gasteiger partial charge < -0.3 is 19.9 Å². The molecular weight excluding hydrogens is 240 g/mol. The van der Waals surface area contributed by atoms with E-state index in [1.54, 1.807) is 7.05 Å². The number of aromatic nitrogens is 1. The Hall–Kier alpha value is -1.49. The molecule has 1 aromatic rings. The Morgan fingerprint density at radius 1 is 1.58 bits per heavy atom. The van der Waals surface area contributed by atoms with E-state index in [2.05, 4.69) is 20.9 Å². The number of hydrogen-bond donors (Lipinski definition) is 2. The Bertz CT molecular complexity index is 423. The first-order chi connectivity index (χ1) is 8.89. The summed E-state index contributed by atoms with van der Waals surface area (Å²) in [6.07, 6.45) is 2.74. The van der Waals surface area contributed by atoms with Crippen molar-refractivity contribution in [1.82, 2.24) is 14.8 Å². The number of guanidine groups is 1. The molecule has 0 saturated heterocycles. The molecule has 0 saturated carbocycles. The normalized spacial score (nSPS) is 15.2. The van der Waals surface area contributed by atoms with Crippen molar-refractivity contribution < 1.29 is 5.11 Å². The molecule has 0 fully saturated rings. The number of nitrogens with one attached hydrogen (secondary N) is 1. The smallest absolute Gasteiger partial charge is 0.193 e. The van der Waals surface area contributed by atoms with Crippen molar-refractivity contribution in [2.24, 2.45) is 12.0 Å². The molecule has 108 valence electrons. The molecule has 19 heavy (non-hydrogen) atoms. The van der Waals surface area contributed by atoms with Crippen LogP contribution in [0.2, 0.25) is 0 Å². The van der Waals surface area contributed by atoms with E-state index >= 15 is 0 Å². The monoisotopic (exact) mass is 266 g/mol. The zero-order valence-corrected chi connectivity index (χ0v) is 12.6. The van der Waals surface area contributed by atoms with Gasteiger partial charge >= 0.3 is 0 Å². The third kappa shape index (κ3) is 4.59. The molecule has 0 aliphatic rings. The first kappa shape index (κ1) is 15.6. The SMILES string of the molecule is CCC(C)(O)CNC(=NC)N(C)Cc1cccn1C. The molecule has 0 bridgehead atoms. The minimum Gasteiger partial charge on any atom is -0.388 e. The van der Waals surface area contributed by atoms with E-state index < -0.39 is 5.60 Å². The highest BCUT2D eigenvalue weighted by Gasteiger charge is 2.18. The second-order valence-electron chi connectivity index (χ2n) is 5.22. The zero-order chi connectivity index (χ0) is 14.5. The van der Waals surface area contributed by atoms with E-state index in [0.717, 1.165) is 12.5 Å². The van der Waals surface area contributed by atoms with E-state index in [4.69, 9.17) is 0 Å². The van der Waals surface area contributed by atoms with E-state index in [-0.39, 0.29) is 0 Å². The first-order valence-corrected chi connectivity index (χ1v) is 6.64. The van der Waals surface area contributed by atoms with Crippen LogP contribution in [-0.4, -0.2) is 46.8 Å². The molecule has 1 rings (SSSR count). The lowest BCUT2D eigenvalue weighted by Crippen LogP contribution is -2.46. The fourth-order valence-corrected chi connectivity index (χ4v) is 1.76. The summed E-state index contributed by atoms with van der Waals surface area (Å²) in [5, 5.41) is 13.2. The number of aliphatic hydroxyl groups is 1. The highest BCUT2D eigenvalue weighted by atomic mass is 16.3. The van der Waals surface area contributed by atoms with Gasteiger partial charge in [-0.15, -0.1) is 0 Å². The average molecular weight is 266 g/mol. The molecular formula is C14H26N4O. The molecule has 5 nitrogen and oxygen atoms in total. The van der Waals surface area contributed by atoms with Gasteiger partial charge in [-0.2, -0.15) is 0 Å². The van der Waals surface area contributed by atoms with Crippen LogP contribution >= 0.6 is 0 Å². The predicted octanol–water partition coefficient (Wildman–Crippen LogP) is 1.19. The summed E-state index contributed by atoms with van der Waals surface area (Å²) in [5.41, 5.74) is 0.509. The molecule has 0 aliphatic heterocycles. The maximum absolute atomic E-state index is 10.0. The molecule has 1 atom stereocenters. The van der Waals surface area contributed by atoms with Gasteiger partial charge in [0.2, 0.25) is 0 Å². The highest BCUT2D eigenvalue weighted by molar-refractivity contribution is 5.79. The van der Waals surface area contributed by atoms with Crippen molar-refractivity contribution in [3.05, 3.63) is 24.0 Å². The van der Waals surface area contributed by atoms with Crippen molar-refractivity contribution in [2.45, 2.75) is 32.4 Å². The van der Waals surface area contributed by atoms with Gasteiger partial charge in [-0.3, -0.25) is 4.99 Å². The lowest BCUT2D eigenvalue weighted by atomic mass is 10.0. The Balaban J connectivity index is 2.58. The van der Waals surface area contributed by atoms with Crippen molar-refractivity contribution in [2.75, 3.05) is 20.6 Å². The van der Waals surface area contributed by atoms with Crippen LogP contribution in [0.15, 0.2) is 23.3 Å². The third-order valence-electron chi connectivity index (χ3n) is 3.41. The van der Waals surface area contributed by atoms with E-state index in [9.17, 15) is 5.11 Å². The maximum Gasteiger partial charge on any atom is 0.193 e. The highest BCUT2D eigenvalue weighted by Crippen LogP contribution is 2.07. The van der Waals surface area contributed by atoms with Crippen molar-refractivity contribution in [3.8, 4) is 0 Å². The molecule has 1 heterocycles. The minimum atomic E-state index is -0.707. The van der Waals surface area contributed by atoms with Gasteiger partial charge in [0.05, 0.1) is 12.1 Å². The number of aryl methyl sites for hydroxylation is 1. The molecule has 0 aromatic carbocycles. The predicted molar refractivity (Wildman–Crippen MR) is 79.2 cm³/mol. The largest absolute Gasteiger partial charge is 0.388 e. The Kier molecular flexibility index (Phi) is 5.42. The number of rotatable bonds is 5. The van der Waals surface area contributed by atoms with Gasteiger partial charge in [0, 0.05) is 39.6 Å². The maximum atomic E-state index is 10.0. The van der Waals surface area contributed by atoms with Crippen LogP contribution < -0.4 is 5.32 Å². The molecule has 1 aromatic heterocycles. The van der Waals surface area contributed by atoms with Crippen LogP contribution in [0.1, 0.15) is 26.0 Å². The fraction of sp³-hybridized carbons (Fsp3) is 0.643.